The lowest BCUT2D eigenvalue weighted by atomic mass is 10.2. The van der Waals surface area contributed by atoms with Crippen LogP contribution in [0, 0.1) is 0 Å². The zero-order valence-corrected chi connectivity index (χ0v) is 12.4. The molecule has 5 nitrogen and oxygen atoms in total. The van der Waals surface area contributed by atoms with Gasteiger partial charge in [0.25, 0.3) is 0 Å². The minimum atomic E-state index is -0.769. The Morgan fingerprint density at radius 1 is 1.28 bits per heavy atom. The van der Waals surface area contributed by atoms with Gasteiger partial charge in [-0.2, -0.15) is 0 Å². The van der Waals surface area contributed by atoms with Gasteiger partial charge in [0.05, 0.1) is 0 Å². The Labute approximate surface area is 111 Å². The Bertz CT molecular complexity index is 232. The zero-order chi connectivity index (χ0) is 14.1. The summed E-state index contributed by atoms with van der Waals surface area (Å²) in [6.45, 7) is 9.44. The van der Waals surface area contributed by atoms with Gasteiger partial charge in [0.1, 0.15) is 6.04 Å². The van der Waals surface area contributed by atoms with E-state index in [1.807, 2.05) is 13.8 Å². The van der Waals surface area contributed by atoms with E-state index in [0.717, 1.165) is 26.1 Å². The predicted molar refractivity (Wildman–Crippen MR) is 75.0 cm³/mol. The summed E-state index contributed by atoms with van der Waals surface area (Å²) in [5.74, 6) is -0.769. The number of likely N-dealkylation sites (N-methyl/N-ethyl adjacent to an activating group) is 1. The van der Waals surface area contributed by atoms with Crippen LogP contribution in [0.1, 0.15) is 27.2 Å². The smallest absolute Gasteiger partial charge is 0.322 e. The number of carbonyl (C=O) groups is 1. The molecule has 1 atom stereocenters. The highest BCUT2D eigenvalue weighted by molar-refractivity contribution is 5.73. The monoisotopic (exact) mass is 259 g/mol. The number of rotatable bonds is 10. The van der Waals surface area contributed by atoms with E-state index in [9.17, 15) is 9.90 Å². The Kier molecular flexibility index (Phi) is 8.97. The van der Waals surface area contributed by atoms with Crippen LogP contribution in [-0.4, -0.2) is 73.2 Å². The minimum Gasteiger partial charge on any atom is -0.480 e. The van der Waals surface area contributed by atoms with Gasteiger partial charge in [-0.3, -0.25) is 4.79 Å². The van der Waals surface area contributed by atoms with E-state index in [0.29, 0.717) is 6.54 Å². The first-order chi connectivity index (χ1) is 8.36. The zero-order valence-electron chi connectivity index (χ0n) is 12.4. The molecule has 0 spiro atoms. The first-order valence-corrected chi connectivity index (χ1v) is 6.72. The van der Waals surface area contributed by atoms with Crippen molar-refractivity contribution in [1.29, 1.82) is 0 Å². The fourth-order valence-electron chi connectivity index (χ4n) is 1.85. The van der Waals surface area contributed by atoms with Gasteiger partial charge in [0, 0.05) is 12.6 Å². The average molecular weight is 259 g/mol. The molecule has 0 aliphatic rings. The Morgan fingerprint density at radius 2 is 1.89 bits per heavy atom. The number of aliphatic carboxylic acids is 1. The third-order valence-corrected chi connectivity index (χ3v) is 2.80. The number of carboxylic acid groups (broad SMARTS) is 1. The summed E-state index contributed by atoms with van der Waals surface area (Å²) in [7, 11) is 4.10. The van der Waals surface area contributed by atoms with Crippen molar-refractivity contribution in [1.82, 2.24) is 15.1 Å². The highest BCUT2D eigenvalue weighted by Gasteiger charge is 2.20. The summed E-state index contributed by atoms with van der Waals surface area (Å²) in [6.07, 6.45) is 1.06. The Hall–Kier alpha value is -0.650. The van der Waals surface area contributed by atoms with E-state index in [4.69, 9.17) is 0 Å². The molecule has 18 heavy (non-hydrogen) atoms. The van der Waals surface area contributed by atoms with E-state index >= 15 is 0 Å². The number of carboxylic acids is 1. The van der Waals surface area contributed by atoms with Crippen molar-refractivity contribution in [2.45, 2.75) is 39.3 Å². The molecule has 0 saturated carbocycles. The van der Waals surface area contributed by atoms with Crippen LogP contribution in [0.2, 0.25) is 0 Å². The van der Waals surface area contributed by atoms with Crippen molar-refractivity contribution >= 4 is 5.97 Å². The predicted octanol–water partition coefficient (Wildman–Crippen LogP) is 0.711. The van der Waals surface area contributed by atoms with E-state index in [-0.39, 0.29) is 6.04 Å². The lowest BCUT2D eigenvalue weighted by Crippen LogP contribution is -2.49. The van der Waals surface area contributed by atoms with Crippen LogP contribution in [0.25, 0.3) is 0 Å². The van der Waals surface area contributed by atoms with Crippen LogP contribution in [0.4, 0.5) is 0 Å². The SMILES string of the molecule is CCN(CCCN(C)C)CC(NC(C)C)C(=O)O. The molecule has 0 bridgehead atoms. The molecule has 2 N–H and O–H groups in total. The van der Waals surface area contributed by atoms with Crippen molar-refractivity contribution in [3.63, 3.8) is 0 Å². The molecular weight excluding hydrogens is 230 g/mol. The number of hydrogen-bond acceptors (Lipinski definition) is 4. The first kappa shape index (κ1) is 17.4. The highest BCUT2D eigenvalue weighted by Crippen LogP contribution is 1.98. The number of nitrogens with one attached hydrogen (secondary N) is 1. The van der Waals surface area contributed by atoms with Crippen molar-refractivity contribution in [2.24, 2.45) is 0 Å². The van der Waals surface area contributed by atoms with Gasteiger partial charge in [-0.15, -0.1) is 0 Å². The van der Waals surface area contributed by atoms with Gasteiger partial charge in [-0.05, 0) is 40.2 Å². The largest absolute Gasteiger partial charge is 0.480 e. The molecule has 0 radical (unpaired) electrons. The molecule has 0 amide bonds. The van der Waals surface area contributed by atoms with Gasteiger partial charge < -0.3 is 20.2 Å². The Balaban J connectivity index is 4.16. The lowest BCUT2D eigenvalue weighted by Gasteiger charge is -2.26. The lowest BCUT2D eigenvalue weighted by molar-refractivity contribution is -0.140. The van der Waals surface area contributed by atoms with Crippen molar-refractivity contribution in [3.05, 3.63) is 0 Å². The van der Waals surface area contributed by atoms with Gasteiger partial charge in [-0.1, -0.05) is 20.8 Å². The third kappa shape index (κ3) is 8.44. The van der Waals surface area contributed by atoms with Crippen LogP contribution >= 0.6 is 0 Å². The number of nitrogens with zero attached hydrogens (tertiary/aromatic N) is 2. The normalized spacial score (nSPS) is 13.6. The van der Waals surface area contributed by atoms with Crippen LogP contribution in [0.5, 0.6) is 0 Å². The Morgan fingerprint density at radius 3 is 2.28 bits per heavy atom. The summed E-state index contributed by atoms with van der Waals surface area (Å²) in [5, 5.41) is 12.3. The first-order valence-electron chi connectivity index (χ1n) is 6.72. The van der Waals surface area contributed by atoms with E-state index in [1.165, 1.54) is 0 Å². The maximum atomic E-state index is 11.2. The van der Waals surface area contributed by atoms with Crippen molar-refractivity contribution in [3.8, 4) is 0 Å². The third-order valence-electron chi connectivity index (χ3n) is 2.80. The maximum absolute atomic E-state index is 11.2. The molecule has 0 aromatic rings. The van der Waals surface area contributed by atoms with E-state index < -0.39 is 12.0 Å². The molecular formula is C13H29N3O2. The second-order valence-corrected chi connectivity index (χ2v) is 5.26. The molecule has 0 saturated heterocycles. The van der Waals surface area contributed by atoms with Crippen LogP contribution in [0.3, 0.4) is 0 Å². The maximum Gasteiger partial charge on any atom is 0.322 e. The summed E-state index contributed by atoms with van der Waals surface area (Å²) >= 11 is 0. The second-order valence-electron chi connectivity index (χ2n) is 5.26. The van der Waals surface area contributed by atoms with Gasteiger partial charge in [-0.25, -0.2) is 0 Å². The fourth-order valence-corrected chi connectivity index (χ4v) is 1.85. The summed E-state index contributed by atoms with van der Waals surface area (Å²) in [4.78, 5) is 15.5. The standard InChI is InChI=1S/C13H29N3O2/c1-6-16(9-7-8-15(4)5)10-12(13(17)18)14-11(2)3/h11-12,14H,6-10H2,1-5H3,(H,17,18). The van der Waals surface area contributed by atoms with E-state index in [2.05, 4.69) is 36.1 Å². The van der Waals surface area contributed by atoms with Crippen LogP contribution in [-0.2, 0) is 4.79 Å². The van der Waals surface area contributed by atoms with Crippen LogP contribution < -0.4 is 5.32 Å². The quantitative estimate of drug-likeness (QED) is 0.605. The highest BCUT2D eigenvalue weighted by atomic mass is 16.4. The topological polar surface area (TPSA) is 55.8 Å². The molecule has 108 valence electrons. The number of hydrogen-bond donors (Lipinski definition) is 2. The fraction of sp³-hybridized carbons (Fsp3) is 0.923. The molecule has 0 fully saturated rings. The molecule has 0 aliphatic carbocycles. The summed E-state index contributed by atoms with van der Waals surface area (Å²) in [5.41, 5.74) is 0. The second kappa shape index (κ2) is 9.30. The summed E-state index contributed by atoms with van der Waals surface area (Å²) in [6, 6.07) is -0.295. The van der Waals surface area contributed by atoms with Crippen molar-refractivity contribution < 1.29 is 9.90 Å². The van der Waals surface area contributed by atoms with Gasteiger partial charge in [0.2, 0.25) is 0 Å². The molecule has 0 heterocycles. The molecule has 1 unspecified atom stereocenters. The molecule has 0 aliphatic heterocycles. The molecule has 0 aromatic heterocycles. The summed E-state index contributed by atoms with van der Waals surface area (Å²) < 4.78 is 0. The minimum absolute atomic E-state index is 0.187. The van der Waals surface area contributed by atoms with E-state index in [1.54, 1.807) is 0 Å². The van der Waals surface area contributed by atoms with Gasteiger partial charge in [0.15, 0.2) is 0 Å². The van der Waals surface area contributed by atoms with Crippen molar-refractivity contribution in [2.75, 3.05) is 40.3 Å². The van der Waals surface area contributed by atoms with Crippen LogP contribution in [0.15, 0.2) is 0 Å². The van der Waals surface area contributed by atoms with Gasteiger partial charge >= 0.3 is 5.97 Å². The average Bonchev–Trinajstić information content (AvgIpc) is 2.25. The molecule has 0 rings (SSSR count). The molecule has 5 heteroatoms. The molecule has 0 aromatic carbocycles.